The second-order valence-electron chi connectivity index (χ2n) is 4.27. The first-order chi connectivity index (χ1) is 10.1. The number of halogens is 4. The number of anilines is 1. The molecule has 0 saturated carbocycles. The summed E-state index contributed by atoms with van der Waals surface area (Å²) in [4.78, 5) is 3.94. The fourth-order valence-electron chi connectivity index (χ4n) is 1.88. The molecule has 0 aliphatic carbocycles. The average molecular weight is 329 g/mol. The van der Waals surface area contributed by atoms with Crippen LogP contribution in [-0.2, 0) is 6.54 Å². The summed E-state index contributed by atoms with van der Waals surface area (Å²) >= 11 is 6.96. The van der Waals surface area contributed by atoms with Gasteiger partial charge in [0.25, 0.3) is 0 Å². The predicted octanol–water partition coefficient (Wildman–Crippen LogP) is 4.98. The normalized spacial score (nSPS) is 11.0. The van der Waals surface area contributed by atoms with Gasteiger partial charge < -0.3 is 5.32 Å². The van der Waals surface area contributed by atoms with Gasteiger partial charge in [0, 0.05) is 6.07 Å². The first kappa shape index (κ1) is 14.2. The molecule has 0 atom stereocenters. The van der Waals surface area contributed by atoms with Crippen LogP contribution in [0.25, 0.3) is 10.2 Å². The van der Waals surface area contributed by atoms with Crippen LogP contribution >= 0.6 is 22.9 Å². The third-order valence-corrected chi connectivity index (χ3v) is 4.26. The molecule has 0 unspecified atom stereocenters. The Morgan fingerprint density at radius 2 is 1.90 bits per heavy atom. The van der Waals surface area contributed by atoms with E-state index in [1.807, 2.05) is 0 Å². The van der Waals surface area contributed by atoms with Crippen LogP contribution in [0, 0.1) is 17.5 Å². The number of thiazole rings is 1. The van der Waals surface area contributed by atoms with Crippen molar-refractivity contribution in [2.24, 2.45) is 0 Å². The van der Waals surface area contributed by atoms with E-state index in [1.165, 1.54) is 0 Å². The summed E-state index contributed by atoms with van der Waals surface area (Å²) in [5, 5.41) is 3.99. The average Bonchev–Trinajstić information content (AvgIpc) is 2.89. The van der Waals surface area contributed by atoms with Crippen molar-refractivity contribution in [2.45, 2.75) is 6.54 Å². The Labute approximate surface area is 127 Å². The highest BCUT2D eigenvalue weighted by atomic mass is 35.5. The molecule has 2 aromatic carbocycles. The molecule has 7 heteroatoms. The molecule has 0 saturated heterocycles. The van der Waals surface area contributed by atoms with Crippen LogP contribution in [-0.4, -0.2) is 4.98 Å². The van der Waals surface area contributed by atoms with Crippen molar-refractivity contribution in [2.75, 3.05) is 5.32 Å². The Kier molecular flexibility index (Phi) is 3.73. The third-order valence-electron chi connectivity index (χ3n) is 2.86. The van der Waals surface area contributed by atoms with E-state index in [9.17, 15) is 13.2 Å². The molecule has 1 heterocycles. The molecule has 0 fully saturated rings. The molecule has 2 nitrogen and oxygen atoms in total. The highest BCUT2D eigenvalue weighted by molar-refractivity contribution is 7.18. The Hall–Kier alpha value is -1.79. The van der Waals surface area contributed by atoms with Crippen molar-refractivity contribution >= 4 is 38.8 Å². The van der Waals surface area contributed by atoms with Gasteiger partial charge in [-0.25, -0.2) is 18.2 Å². The second kappa shape index (κ2) is 5.54. The number of fused-ring (bicyclic) bond motifs is 1. The van der Waals surface area contributed by atoms with Crippen LogP contribution in [0.2, 0.25) is 5.02 Å². The Balaban J connectivity index is 1.90. The van der Waals surface area contributed by atoms with Crippen molar-refractivity contribution in [3.05, 3.63) is 57.8 Å². The van der Waals surface area contributed by atoms with E-state index < -0.39 is 17.5 Å². The molecule has 1 N–H and O–H groups in total. The van der Waals surface area contributed by atoms with E-state index in [0.29, 0.717) is 21.8 Å². The zero-order valence-electron chi connectivity index (χ0n) is 10.5. The van der Waals surface area contributed by atoms with Crippen molar-refractivity contribution in [3.63, 3.8) is 0 Å². The number of aromatic nitrogens is 1. The SMILES string of the molecule is Fc1cc(F)c2sc(CNc3ccccc3Cl)nc2c1F. The van der Waals surface area contributed by atoms with Gasteiger partial charge in [-0.3, -0.25) is 0 Å². The van der Waals surface area contributed by atoms with E-state index in [1.54, 1.807) is 24.3 Å². The lowest BCUT2D eigenvalue weighted by Gasteiger charge is -2.05. The smallest absolute Gasteiger partial charge is 0.186 e. The van der Waals surface area contributed by atoms with Crippen LogP contribution in [0.3, 0.4) is 0 Å². The van der Waals surface area contributed by atoms with E-state index >= 15 is 0 Å². The fourth-order valence-corrected chi connectivity index (χ4v) is 2.99. The molecule has 0 aliphatic heterocycles. The van der Waals surface area contributed by atoms with Crippen molar-refractivity contribution in [3.8, 4) is 0 Å². The lowest BCUT2D eigenvalue weighted by molar-refractivity contribution is 0.504. The largest absolute Gasteiger partial charge is 0.377 e. The number of hydrogen-bond donors (Lipinski definition) is 1. The molecular formula is C14H8ClF3N2S. The van der Waals surface area contributed by atoms with E-state index in [4.69, 9.17) is 11.6 Å². The zero-order chi connectivity index (χ0) is 15.0. The molecule has 0 bridgehead atoms. The topological polar surface area (TPSA) is 24.9 Å². The van der Waals surface area contributed by atoms with Gasteiger partial charge in [-0.2, -0.15) is 0 Å². The molecule has 0 aliphatic rings. The Bertz CT molecular complexity index is 819. The molecule has 0 spiro atoms. The summed E-state index contributed by atoms with van der Waals surface area (Å²) in [6.45, 7) is 0.240. The number of benzene rings is 2. The number of nitrogens with one attached hydrogen (secondary N) is 1. The number of para-hydroxylation sites is 1. The predicted molar refractivity (Wildman–Crippen MR) is 78.3 cm³/mol. The highest BCUT2D eigenvalue weighted by Crippen LogP contribution is 2.29. The maximum Gasteiger partial charge on any atom is 0.186 e. The minimum Gasteiger partial charge on any atom is -0.377 e. The van der Waals surface area contributed by atoms with E-state index in [2.05, 4.69) is 10.3 Å². The standard InChI is InChI=1S/C14H8ClF3N2S/c15-7-3-1-2-4-10(7)19-6-11-20-13-12(18)8(16)5-9(17)14(13)21-11/h1-5,19H,6H2. The van der Waals surface area contributed by atoms with Gasteiger partial charge >= 0.3 is 0 Å². The number of hydrogen-bond acceptors (Lipinski definition) is 3. The van der Waals surface area contributed by atoms with Crippen LogP contribution in [0.4, 0.5) is 18.9 Å². The van der Waals surface area contributed by atoms with Crippen molar-refractivity contribution in [1.82, 2.24) is 4.98 Å². The second-order valence-corrected chi connectivity index (χ2v) is 5.76. The minimum absolute atomic E-state index is 0.00450. The lowest BCUT2D eigenvalue weighted by Crippen LogP contribution is -1.99. The number of nitrogens with zero attached hydrogens (tertiary/aromatic N) is 1. The van der Waals surface area contributed by atoms with Gasteiger partial charge in [0.05, 0.1) is 22.0 Å². The molecule has 21 heavy (non-hydrogen) atoms. The molecule has 1 aromatic heterocycles. The number of rotatable bonds is 3. The lowest BCUT2D eigenvalue weighted by atomic mass is 10.3. The zero-order valence-corrected chi connectivity index (χ0v) is 12.0. The Morgan fingerprint density at radius 1 is 1.14 bits per heavy atom. The van der Waals surface area contributed by atoms with Gasteiger partial charge in [-0.15, -0.1) is 11.3 Å². The van der Waals surface area contributed by atoms with Crippen molar-refractivity contribution < 1.29 is 13.2 Å². The molecule has 3 rings (SSSR count). The van der Waals surface area contributed by atoms with Crippen LogP contribution in [0.15, 0.2) is 30.3 Å². The molecule has 3 aromatic rings. The Morgan fingerprint density at radius 3 is 2.67 bits per heavy atom. The van der Waals surface area contributed by atoms with Gasteiger partial charge in [-0.1, -0.05) is 23.7 Å². The molecule has 108 valence electrons. The van der Waals surface area contributed by atoms with Gasteiger partial charge in [0.15, 0.2) is 11.6 Å². The summed E-state index contributed by atoms with van der Waals surface area (Å²) in [5.41, 5.74) is 0.402. The summed E-state index contributed by atoms with van der Waals surface area (Å²) in [6.07, 6.45) is 0. The molecule has 0 amide bonds. The quantitative estimate of drug-likeness (QED) is 0.686. The molecular weight excluding hydrogens is 321 g/mol. The maximum atomic E-state index is 13.6. The summed E-state index contributed by atoms with van der Waals surface area (Å²) in [7, 11) is 0. The monoisotopic (exact) mass is 328 g/mol. The van der Waals surface area contributed by atoms with Crippen molar-refractivity contribution in [1.29, 1.82) is 0 Å². The van der Waals surface area contributed by atoms with Gasteiger partial charge in [0.1, 0.15) is 16.3 Å². The minimum atomic E-state index is -1.24. The fraction of sp³-hybridized carbons (Fsp3) is 0.0714. The summed E-state index contributed by atoms with van der Waals surface area (Å²) < 4.78 is 40.3. The van der Waals surface area contributed by atoms with Crippen LogP contribution in [0.5, 0.6) is 0 Å². The molecule has 0 radical (unpaired) electrons. The van der Waals surface area contributed by atoms with E-state index in [0.717, 1.165) is 11.3 Å². The van der Waals surface area contributed by atoms with Crippen LogP contribution in [0.1, 0.15) is 5.01 Å². The summed E-state index contributed by atoms with van der Waals surface area (Å²) in [5.74, 6) is -3.19. The first-order valence-electron chi connectivity index (χ1n) is 5.97. The summed E-state index contributed by atoms with van der Waals surface area (Å²) in [6, 6.07) is 7.62. The van der Waals surface area contributed by atoms with Gasteiger partial charge in [-0.05, 0) is 12.1 Å². The third kappa shape index (κ3) is 2.69. The highest BCUT2D eigenvalue weighted by Gasteiger charge is 2.17. The van der Waals surface area contributed by atoms with Crippen LogP contribution < -0.4 is 5.32 Å². The van der Waals surface area contributed by atoms with E-state index in [-0.39, 0.29) is 16.8 Å². The van der Waals surface area contributed by atoms with Gasteiger partial charge in [0.2, 0.25) is 0 Å². The first-order valence-corrected chi connectivity index (χ1v) is 7.17. The maximum absolute atomic E-state index is 13.6.